The van der Waals surface area contributed by atoms with Crippen molar-refractivity contribution in [2.24, 2.45) is 0 Å². The zero-order chi connectivity index (χ0) is 46.6. The van der Waals surface area contributed by atoms with Gasteiger partial charge in [0.2, 0.25) is 0 Å². The Balaban J connectivity index is 0.000000165. The van der Waals surface area contributed by atoms with Gasteiger partial charge in [0, 0.05) is 20.4 Å². The Kier molecular flexibility index (Phi) is 19.0. The summed E-state index contributed by atoms with van der Waals surface area (Å²) in [6, 6.07) is 80.9. The first-order valence-corrected chi connectivity index (χ1v) is 26.9. The van der Waals surface area contributed by atoms with Gasteiger partial charge in [0.25, 0.3) is 0 Å². The van der Waals surface area contributed by atoms with Crippen molar-refractivity contribution >= 4 is 71.5 Å². The molecule has 4 heteroatoms. The topological polar surface area (TPSA) is 0 Å². The van der Waals surface area contributed by atoms with Crippen molar-refractivity contribution < 1.29 is 20.4 Å². The maximum Gasteiger partial charge on any atom is 0 e. The van der Waals surface area contributed by atoms with Gasteiger partial charge in [-0.1, -0.05) is 268 Å². The van der Waals surface area contributed by atoms with Crippen LogP contribution in [0, 0.1) is 62.3 Å². The van der Waals surface area contributed by atoms with Crippen LogP contribution in [0.1, 0.15) is 50.1 Å². The van der Waals surface area contributed by atoms with Gasteiger partial charge in [0.05, 0.1) is 0 Å². The third-order valence-corrected chi connectivity index (χ3v) is 19.0. The van der Waals surface area contributed by atoms with Crippen molar-refractivity contribution in [2.75, 3.05) is 0 Å². The summed E-state index contributed by atoms with van der Waals surface area (Å²) in [7, 11) is -1.45. The largest absolute Gasteiger partial charge is 0.0587 e. The first-order valence-electron chi connectivity index (χ1n) is 22.9. The van der Waals surface area contributed by atoms with Crippen LogP contribution in [0.4, 0.5) is 0 Å². The van der Waals surface area contributed by atoms with Gasteiger partial charge in [-0.05, 0) is 134 Å². The van der Waals surface area contributed by atoms with Gasteiger partial charge in [-0.15, -0.1) is 0 Å². The van der Waals surface area contributed by atoms with E-state index >= 15 is 0 Å². The van der Waals surface area contributed by atoms with Crippen LogP contribution in [-0.2, 0) is 20.4 Å². The van der Waals surface area contributed by atoms with E-state index in [0.717, 1.165) is 0 Å². The summed E-state index contributed by atoms with van der Waals surface area (Å²) in [5.74, 6) is 0. The van der Waals surface area contributed by atoms with Crippen LogP contribution in [0.5, 0.6) is 0 Å². The number of rotatable bonds is 9. The van der Waals surface area contributed by atoms with Crippen molar-refractivity contribution in [1.82, 2.24) is 0 Å². The van der Waals surface area contributed by atoms with Gasteiger partial charge in [-0.3, -0.25) is 0 Å². The van der Waals surface area contributed by atoms with E-state index in [1.54, 1.807) is 0 Å². The summed E-state index contributed by atoms with van der Waals surface area (Å²) in [5.41, 5.74) is 11.8. The van der Waals surface area contributed by atoms with E-state index in [2.05, 4.69) is 281 Å². The molecule has 9 aromatic rings. The molecule has 0 heterocycles. The van der Waals surface area contributed by atoms with Crippen molar-refractivity contribution in [2.45, 2.75) is 62.3 Å². The van der Waals surface area contributed by atoms with E-state index in [9.17, 15) is 0 Å². The molecular weight excluding hydrogens is 956 g/mol. The molecule has 0 spiro atoms. The first kappa shape index (κ1) is 51.3. The van der Waals surface area contributed by atoms with E-state index in [1.807, 2.05) is 0 Å². The smallest absolute Gasteiger partial charge is 0 e. The molecule has 0 aliphatic rings. The number of hydrogen-bond acceptors (Lipinski definition) is 0. The minimum absolute atomic E-state index is 0. The number of benzene rings is 9. The first-order chi connectivity index (χ1) is 31.9. The Morgan fingerprint density at radius 1 is 0.149 bits per heavy atom. The summed E-state index contributed by atoms with van der Waals surface area (Å²) in [6.45, 7) is 19.3. The molecule has 0 unspecified atom stereocenters. The van der Waals surface area contributed by atoms with Gasteiger partial charge in [0.1, 0.15) is 0 Å². The summed E-state index contributed by atoms with van der Waals surface area (Å²) in [4.78, 5) is 0. The molecule has 0 aliphatic carbocycles. The number of aryl methyl sites for hydroxylation is 9. The zero-order valence-corrected chi connectivity index (χ0v) is 44.7. The zero-order valence-electron chi connectivity index (χ0n) is 40.4. The summed E-state index contributed by atoms with van der Waals surface area (Å²) in [6.07, 6.45) is 0. The molecule has 0 amide bonds. The second kappa shape index (κ2) is 24.8. The Morgan fingerprint density at radius 2 is 0.224 bits per heavy atom. The molecule has 0 aromatic heterocycles. The predicted molar refractivity (Wildman–Crippen MR) is 298 cm³/mol. The van der Waals surface area contributed by atoms with Crippen LogP contribution in [0.25, 0.3) is 0 Å². The Hall–Kier alpha value is -5.07. The van der Waals surface area contributed by atoms with E-state index in [1.165, 1.54) is 97.8 Å². The van der Waals surface area contributed by atoms with E-state index in [4.69, 9.17) is 0 Å². The molecule has 0 radical (unpaired) electrons. The molecule has 0 N–H and O–H groups in total. The van der Waals surface area contributed by atoms with Crippen molar-refractivity contribution in [1.29, 1.82) is 0 Å². The Labute approximate surface area is 419 Å². The standard InChI is InChI=1S/3C21H21P.Pd/c3*1-16-4-10-19(11-5-16)22(20-12-6-17(2)7-13-20)21-14-8-18(3)9-15-21;/h3*4-15H,1-3H3;. The molecule has 0 aliphatic heterocycles. The van der Waals surface area contributed by atoms with Crippen LogP contribution < -0.4 is 47.7 Å². The fourth-order valence-corrected chi connectivity index (χ4v) is 14.3. The van der Waals surface area contributed by atoms with E-state index < -0.39 is 23.8 Å². The van der Waals surface area contributed by atoms with Crippen molar-refractivity contribution in [3.63, 3.8) is 0 Å². The van der Waals surface area contributed by atoms with Crippen molar-refractivity contribution in [3.8, 4) is 0 Å². The summed E-state index contributed by atoms with van der Waals surface area (Å²) < 4.78 is 0. The second-order valence-electron chi connectivity index (χ2n) is 17.5. The van der Waals surface area contributed by atoms with Crippen LogP contribution in [-0.4, -0.2) is 0 Å². The quantitative estimate of drug-likeness (QED) is 0.0998. The summed E-state index contributed by atoms with van der Waals surface area (Å²) >= 11 is 0. The molecule has 9 aromatic carbocycles. The van der Waals surface area contributed by atoms with Crippen LogP contribution >= 0.6 is 23.8 Å². The SMILES string of the molecule is Cc1ccc(P(c2ccc(C)cc2)c2ccc(C)cc2)cc1.Cc1ccc(P(c2ccc(C)cc2)c2ccc(C)cc2)cc1.Cc1ccc(P(c2ccc(C)cc2)c2ccc(C)cc2)cc1.[Pd]. The monoisotopic (exact) mass is 1020 g/mol. The molecule has 340 valence electrons. The minimum Gasteiger partial charge on any atom is -0.0587 e. The van der Waals surface area contributed by atoms with Gasteiger partial charge in [-0.2, -0.15) is 0 Å². The van der Waals surface area contributed by atoms with E-state index in [0.29, 0.717) is 0 Å². The fourth-order valence-electron chi connectivity index (χ4n) is 7.59. The van der Waals surface area contributed by atoms with Crippen LogP contribution in [0.15, 0.2) is 218 Å². The van der Waals surface area contributed by atoms with Gasteiger partial charge < -0.3 is 0 Å². The van der Waals surface area contributed by atoms with Crippen LogP contribution in [0.2, 0.25) is 0 Å². The van der Waals surface area contributed by atoms with E-state index in [-0.39, 0.29) is 20.4 Å². The molecule has 67 heavy (non-hydrogen) atoms. The molecule has 0 nitrogen and oxygen atoms in total. The van der Waals surface area contributed by atoms with Crippen LogP contribution in [0.3, 0.4) is 0 Å². The molecule has 0 saturated heterocycles. The number of hydrogen-bond donors (Lipinski definition) is 0. The van der Waals surface area contributed by atoms with Gasteiger partial charge in [0.15, 0.2) is 0 Å². The third-order valence-electron chi connectivity index (χ3n) is 11.6. The third kappa shape index (κ3) is 14.5. The molecule has 0 fully saturated rings. The molecule has 0 saturated carbocycles. The van der Waals surface area contributed by atoms with Gasteiger partial charge >= 0.3 is 0 Å². The maximum atomic E-state index is 2.28. The molecular formula is C63H63P3Pd. The molecule has 0 atom stereocenters. The van der Waals surface area contributed by atoms with Crippen molar-refractivity contribution in [3.05, 3.63) is 268 Å². The minimum atomic E-state index is -0.483. The Bertz CT molecular complexity index is 2220. The summed E-state index contributed by atoms with van der Waals surface area (Å²) in [5, 5.41) is 12.7. The molecule has 0 bridgehead atoms. The fraction of sp³-hybridized carbons (Fsp3) is 0.143. The molecule has 9 rings (SSSR count). The average molecular weight is 1020 g/mol. The predicted octanol–water partition coefficient (Wildman–Crippen LogP) is 13.1. The average Bonchev–Trinajstić information content (AvgIpc) is 3.33. The second-order valence-corrected chi connectivity index (χ2v) is 24.2. The Morgan fingerprint density at radius 3 is 0.299 bits per heavy atom. The normalized spacial score (nSPS) is 10.7. The maximum absolute atomic E-state index is 2.28. The van der Waals surface area contributed by atoms with Gasteiger partial charge in [-0.25, -0.2) is 0 Å².